The summed E-state index contributed by atoms with van der Waals surface area (Å²) in [6.07, 6.45) is 6.47. The first-order chi connectivity index (χ1) is 7.67. The van der Waals surface area contributed by atoms with E-state index in [-0.39, 0.29) is 4.87 Å². The van der Waals surface area contributed by atoms with Gasteiger partial charge in [0.15, 0.2) is 0 Å². The van der Waals surface area contributed by atoms with Crippen LogP contribution in [-0.4, -0.2) is 9.90 Å². The summed E-state index contributed by atoms with van der Waals surface area (Å²) in [4.78, 5) is 11.9. The third kappa shape index (κ3) is 2.43. The van der Waals surface area contributed by atoms with Crippen molar-refractivity contribution in [1.29, 1.82) is 0 Å². The second-order valence-corrected chi connectivity index (χ2v) is 6.30. The number of nitrogens with zero attached hydrogens (tertiary/aromatic N) is 1. The number of aryl methyl sites for hydroxylation is 1. The largest absolute Gasteiger partial charge is 0.307 e. The van der Waals surface area contributed by atoms with Crippen LogP contribution in [0.4, 0.5) is 0 Å². The predicted octanol–water partition coefficient (Wildman–Crippen LogP) is 3.56. The van der Waals surface area contributed by atoms with Gasteiger partial charge in [0.25, 0.3) is 0 Å². The van der Waals surface area contributed by atoms with Gasteiger partial charge < -0.3 is 4.57 Å². The zero-order chi connectivity index (χ0) is 11.6. The minimum atomic E-state index is 0.198. The molecule has 2 nitrogen and oxygen atoms in total. The van der Waals surface area contributed by atoms with E-state index in [0.29, 0.717) is 5.41 Å². The highest BCUT2D eigenvalue weighted by atomic mass is 79.9. The molecule has 0 amide bonds. The molecule has 1 aliphatic rings. The quantitative estimate of drug-likeness (QED) is 0.783. The van der Waals surface area contributed by atoms with E-state index in [4.69, 9.17) is 0 Å². The van der Waals surface area contributed by atoms with Crippen LogP contribution in [0.25, 0.3) is 0 Å². The van der Waals surface area contributed by atoms with Crippen molar-refractivity contribution in [3.63, 3.8) is 0 Å². The van der Waals surface area contributed by atoms with Gasteiger partial charge in [-0.25, -0.2) is 0 Å². The fraction of sp³-hybridized carbons (Fsp3) is 0.750. The van der Waals surface area contributed by atoms with Gasteiger partial charge in [-0.3, -0.25) is 4.79 Å². The van der Waals surface area contributed by atoms with E-state index in [9.17, 15) is 4.79 Å². The Kier molecular flexibility index (Phi) is 3.90. The third-order valence-electron chi connectivity index (χ3n) is 3.67. The Bertz CT molecular complexity index is 403. The SMILES string of the molecule is Cc1csc(=O)n1CC1(CBr)CCCCC1. The van der Waals surface area contributed by atoms with E-state index in [0.717, 1.165) is 17.6 Å². The fourth-order valence-corrected chi connectivity index (χ4v) is 4.04. The zero-order valence-corrected chi connectivity index (χ0v) is 12.1. The number of hydrogen-bond acceptors (Lipinski definition) is 2. The van der Waals surface area contributed by atoms with Crippen molar-refractivity contribution >= 4 is 27.3 Å². The maximum absolute atomic E-state index is 11.7. The highest BCUT2D eigenvalue weighted by Crippen LogP contribution is 2.39. The highest BCUT2D eigenvalue weighted by molar-refractivity contribution is 9.09. The average molecular weight is 304 g/mol. The molecule has 1 aromatic rings. The molecule has 0 unspecified atom stereocenters. The smallest absolute Gasteiger partial charge is 0.303 e. The number of rotatable bonds is 3. The number of alkyl halides is 1. The Morgan fingerprint density at radius 1 is 1.44 bits per heavy atom. The van der Waals surface area contributed by atoms with Crippen LogP contribution >= 0.6 is 27.3 Å². The Morgan fingerprint density at radius 3 is 2.62 bits per heavy atom. The molecule has 90 valence electrons. The average Bonchev–Trinajstić information content (AvgIpc) is 2.62. The molecule has 0 N–H and O–H groups in total. The summed E-state index contributed by atoms with van der Waals surface area (Å²) >= 11 is 4.97. The van der Waals surface area contributed by atoms with Crippen molar-refractivity contribution in [3.05, 3.63) is 20.7 Å². The summed E-state index contributed by atoms with van der Waals surface area (Å²) in [5.41, 5.74) is 1.43. The maximum atomic E-state index is 11.7. The van der Waals surface area contributed by atoms with Gasteiger partial charge in [-0.2, -0.15) is 0 Å². The Labute approximate surface area is 109 Å². The molecule has 1 heterocycles. The maximum Gasteiger partial charge on any atom is 0.307 e. The van der Waals surface area contributed by atoms with E-state index in [1.807, 2.05) is 16.9 Å². The molecule has 0 spiro atoms. The van der Waals surface area contributed by atoms with E-state index in [1.54, 1.807) is 0 Å². The lowest BCUT2D eigenvalue weighted by molar-refractivity contribution is 0.189. The summed E-state index contributed by atoms with van der Waals surface area (Å²) < 4.78 is 1.96. The summed E-state index contributed by atoms with van der Waals surface area (Å²) in [5, 5.41) is 2.98. The monoisotopic (exact) mass is 303 g/mol. The minimum absolute atomic E-state index is 0.198. The normalized spacial score (nSPS) is 19.9. The lowest BCUT2D eigenvalue weighted by atomic mass is 9.75. The summed E-state index contributed by atoms with van der Waals surface area (Å²) in [7, 11) is 0. The zero-order valence-electron chi connectivity index (χ0n) is 9.67. The molecule has 1 aliphatic carbocycles. The van der Waals surface area contributed by atoms with Crippen LogP contribution in [0.15, 0.2) is 10.2 Å². The van der Waals surface area contributed by atoms with Gasteiger partial charge in [0.1, 0.15) is 0 Å². The summed E-state index contributed by atoms with van der Waals surface area (Å²) in [6.45, 7) is 2.93. The first-order valence-electron chi connectivity index (χ1n) is 5.88. The van der Waals surface area contributed by atoms with Crippen LogP contribution in [0.5, 0.6) is 0 Å². The molecule has 2 rings (SSSR count). The van der Waals surface area contributed by atoms with Crippen molar-refractivity contribution in [2.75, 3.05) is 5.33 Å². The molecule has 1 fully saturated rings. The Morgan fingerprint density at radius 2 is 2.12 bits per heavy atom. The molecule has 0 aliphatic heterocycles. The van der Waals surface area contributed by atoms with Crippen LogP contribution in [0.2, 0.25) is 0 Å². The molecule has 0 radical (unpaired) electrons. The van der Waals surface area contributed by atoms with Crippen LogP contribution in [0.3, 0.4) is 0 Å². The van der Waals surface area contributed by atoms with Crippen LogP contribution in [-0.2, 0) is 6.54 Å². The minimum Gasteiger partial charge on any atom is -0.303 e. The first kappa shape index (κ1) is 12.4. The molecule has 0 bridgehead atoms. The van der Waals surface area contributed by atoms with Crippen LogP contribution in [0.1, 0.15) is 37.8 Å². The Hall–Kier alpha value is -0.0900. The molecule has 1 aromatic heterocycles. The number of aromatic nitrogens is 1. The van der Waals surface area contributed by atoms with Crippen molar-refractivity contribution in [3.8, 4) is 0 Å². The molecule has 0 saturated heterocycles. The lowest BCUT2D eigenvalue weighted by Gasteiger charge is -2.36. The van der Waals surface area contributed by atoms with Gasteiger partial charge in [-0.15, -0.1) is 0 Å². The number of hydrogen-bond donors (Lipinski definition) is 0. The summed E-state index contributed by atoms with van der Waals surface area (Å²) in [5.74, 6) is 0. The fourth-order valence-electron chi connectivity index (χ4n) is 2.57. The molecular formula is C12H18BrNOS. The Balaban J connectivity index is 2.21. The van der Waals surface area contributed by atoms with Crippen LogP contribution < -0.4 is 4.87 Å². The lowest BCUT2D eigenvalue weighted by Crippen LogP contribution is -2.34. The van der Waals surface area contributed by atoms with Crippen molar-refractivity contribution < 1.29 is 0 Å². The highest BCUT2D eigenvalue weighted by Gasteiger charge is 2.32. The topological polar surface area (TPSA) is 22.0 Å². The predicted molar refractivity (Wildman–Crippen MR) is 72.6 cm³/mol. The van der Waals surface area contributed by atoms with Crippen LogP contribution in [0, 0.1) is 12.3 Å². The first-order valence-corrected chi connectivity index (χ1v) is 7.88. The number of halogens is 1. The van der Waals surface area contributed by atoms with Gasteiger partial charge in [0.05, 0.1) is 0 Å². The van der Waals surface area contributed by atoms with E-state index >= 15 is 0 Å². The standard InChI is InChI=1S/C12H18BrNOS/c1-10-7-16-11(15)14(10)9-12(8-13)5-3-2-4-6-12/h7H,2-6,8-9H2,1H3. The van der Waals surface area contributed by atoms with Crippen molar-refractivity contribution in [2.24, 2.45) is 5.41 Å². The third-order valence-corrected chi connectivity index (χ3v) is 5.74. The van der Waals surface area contributed by atoms with Gasteiger partial charge in [0, 0.05) is 22.9 Å². The molecule has 1 saturated carbocycles. The molecule has 4 heteroatoms. The van der Waals surface area contributed by atoms with Gasteiger partial charge in [-0.05, 0) is 25.2 Å². The van der Waals surface area contributed by atoms with Crippen molar-refractivity contribution in [1.82, 2.24) is 4.57 Å². The second-order valence-electron chi connectivity index (χ2n) is 4.92. The molecule has 16 heavy (non-hydrogen) atoms. The van der Waals surface area contributed by atoms with E-state index < -0.39 is 0 Å². The van der Waals surface area contributed by atoms with Gasteiger partial charge in [0.2, 0.25) is 0 Å². The number of thiazole rings is 1. The van der Waals surface area contributed by atoms with Crippen molar-refractivity contribution in [2.45, 2.75) is 45.6 Å². The van der Waals surface area contributed by atoms with Gasteiger partial charge in [-0.1, -0.05) is 46.5 Å². The van der Waals surface area contributed by atoms with Gasteiger partial charge >= 0.3 is 4.87 Å². The molecule has 0 atom stereocenters. The van der Waals surface area contributed by atoms with E-state index in [2.05, 4.69) is 15.9 Å². The molecule has 0 aromatic carbocycles. The summed E-state index contributed by atoms with van der Waals surface area (Å²) in [6, 6.07) is 0. The molecular weight excluding hydrogens is 286 g/mol. The second kappa shape index (κ2) is 5.05. The van der Waals surface area contributed by atoms with E-state index in [1.165, 1.54) is 43.4 Å².